The van der Waals surface area contributed by atoms with Gasteiger partial charge < -0.3 is 14.8 Å². The van der Waals surface area contributed by atoms with E-state index in [-0.39, 0.29) is 19.1 Å². The number of carbonyl (C=O) groups is 2. The van der Waals surface area contributed by atoms with Crippen LogP contribution in [0, 0.1) is 6.92 Å². The molecule has 0 saturated carbocycles. The standard InChI is InChI=1S/C19H19NO4S/c1-13-2-5-15(6-3-13)23-9-10-24-19(22)14-4-7-17-16(12-14)20-18(21)8-11-25-17/h2-7,12H,8-11H2,1H3,(H,20,21). The summed E-state index contributed by atoms with van der Waals surface area (Å²) in [6, 6.07) is 12.9. The van der Waals surface area contributed by atoms with Gasteiger partial charge in [-0.05, 0) is 37.3 Å². The minimum absolute atomic E-state index is 0.0386. The molecule has 25 heavy (non-hydrogen) atoms. The summed E-state index contributed by atoms with van der Waals surface area (Å²) in [6.45, 7) is 2.45. The molecule has 0 bridgehead atoms. The molecule has 0 saturated heterocycles. The van der Waals surface area contributed by atoms with E-state index in [9.17, 15) is 9.59 Å². The van der Waals surface area contributed by atoms with Crippen LogP contribution >= 0.6 is 11.8 Å². The zero-order chi connectivity index (χ0) is 17.6. The number of anilines is 1. The largest absolute Gasteiger partial charge is 0.490 e. The van der Waals surface area contributed by atoms with Gasteiger partial charge in [-0.25, -0.2) is 4.79 Å². The molecule has 5 nitrogen and oxygen atoms in total. The molecule has 0 atom stereocenters. The van der Waals surface area contributed by atoms with Crippen molar-refractivity contribution in [3.8, 4) is 5.75 Å². The molecule has 0 aromatic heterocycles. The SMILES string of the molecule is Cc1ccc(OCCOC(=O)c2ccc3c(c2)NC(=O)CCS3)cc1. The molecule has 0 radical (unpaired) electrons. The normalized spacial score (nSPS) is 13.4. The van der Waals surface area contributed by atoms with Crippen molar-refractivity contribution in [1.29, 1.82) is 0 Å². The summed E-state index contributed by atoms with van der Waals surface area (Å²) in [6.07, 6.45) is 0.468. The molecule has 1 N–H and O–H groups in total. The van der Waals surface area contributed by atoms with Crippen LogP contribution in [0.3, 0.4) is 0 Å². The highest BCUT2D eigenvalue weighted by Crippen LogP contribution is 2.31. The van der Waals surface area contributed by atoms with E-state index in [0.29, 0.717) is 17.7 Å². The summed E-state index contributed by atoms with van der Waals surface area (Å²) in [5.41, 5.74) is 2.24. The quantitative estimate of drug-likeness (QED) is 0.653. The van der Waals surface area contributed by atoms with Crippen LogP contribution in [0.15, 0.2) is 47.4 Å². The Hall–Kier alpha value is -2.47. The first kappa shape index (κ1) is 17.4. The third-order valence-corrected chi connectivity index (χ3v) is 4.76. The molecule has 6 heteroatoms. The number of amides is 1. The van der Waals surface area contributed by atoms with E-state index in [2.05, 4.69) is 5.32 Å². The van der Waals surface area contributed by atoms with E-state index in [1.165, 1.54) is 0 Å². The van der Waals surface area contributed by atoms with Gasteiger partial charge in [0.05, 0.1) is 11.3 Å². The van der Waals surface area contributed by atoms with Gasteiger partial charge in [0, 0.05) is 17.1 Å². The number of carbonyl (C=O) groups excluding carboxylic acids is 2. The molecule has 2 aromatic carbocycles. The molecular weight excluding hydrogens is 338 g/mol. The van der Waals surface area contributed by atoms with Crippen molar-refractivity contribution in [2.24, 2.45) is 0 Å². The number of rotatable bonds is 5. The van der Waals surface area contributed by atoms with Crippen LogP contribution in [0.4, 0.5) is 5.69 Å². The third-order valence-electron chi connectivity index (χ3n) is 3.68. The molecule has 1 aliphatic heterocycles. The Morgan fingerprint density at radius 1 is 1.16 bits per heavy atom. The highest BCUT2D eigenvalue weighted by atomic mass is 32.2. The Morgan fingerprint density at radius 2 is 1.96 bits per heavy atom. The summed E-state index contributed by atoms with van der Waals surface area (Å²) in [5, 5.41) is 2.82. The second-order valence-corrected chi connectivity index (χ2v) is 6.79. The maximum Gasteiger partial charge on any atom is 0.338 e. The number of thioether (sulfide) groups is 1. The van der Waals surface area contributed by atoms with Crippen LogP contribution in [-0.4, -0.2) is 30.8 Å². The van der Waals surface area contributed by atoms with Crippen LogP contribution < -0.4 is 10.1 Å². The average Bonchev–Trinajstić information content (AvgIpc) is 2.79. The van der Waals surface area contributed by atoms with Crippen LogP contribution in [0.2, 0.25) is 0 Å². The lowest BCUT2D eigenvalue weighted by atomic mass is 10.2. The molecule has 3 rings (SSSR count). The summed E-state index contributed by atoms with van der Waals surface area (Å²) in [4.78, 5) is 24.8. The van der Waals surface area contributed by atoms with E-state index in [1.807, 2.05) is 37.3 Å². The van der Waals surface area contributed by atoms with Crippen molar-refractivity contribution in [3.63, 3.8) is 0 Å². The van der Waals surface area contributed by atoms with Crippen LogP contribution in [-0.2, 0) is 9.53 Å². The van der Waals surface area contributed by atoms with Gasteiger partial charge in [-0.3, -0.25) is 4.79 Å². The van der Waals surface area contributed by atoms with Gasteiger partial charge in [-0.15, -0.1) is 11.8 Å². The minimum atomic E-state index is -0.432. The summed E-state index contributed by atoms with van der Waals surface area (Å²) < 4.78 is 10.8. The third kappa shape index (κ3) is 4.76. The molecule has 1 aliphatic rings. The number of esters is 1. The van der Waals surface area contributed by atoms with E-state index in [0.717, 1.165) is 22.0 Å². The molecular formula is C19H19NO4S. The Balaban J connectivity index is 1.53. The smallest absolute Gasteiger partial charge is 0.338 e. The lowest BCUT2D eigenvalue weighted by Gasteiger charge is -2.10. The van der Waals surface area contributed by atoms with Crippen LogP contribution in [0.25, 0.3) is 0 Å². The number of ether oxygens (including phenoxy) is 2. The van der Waals surface area contributed by atoms with Gasteiger partial charge >= 0.3 is 5.97 Å². The van der Waals surface area contributed by atoms with Gasteiger partial charge in [0.2, 0.25) is 5.91 Å². The fraction of sp³-hybridized carbons (Fsp3) is 0.263. The monoisotopic (exact) mass is 357 g/mol. The maximum atomic E-state index is 12.2. The Labute approximate surface area is 150 Å². The Bertz CT molecular complexity index is 773. The van der Waals surface area contributed by atoms with Gasteiger partial charge in [-0.1, -0.05) is 17.7 Å². The summed E-state index contributed by atoms with van der Waals surface area (Å²) in [5.74, 6) is 1.01. The first-order chi connectivity index (χ1) is 12.1. The fourth-order valence-electron chi connectivity index (χ4n) is 2.36. The number of nitrogens with one attached hydrogen (secondary N) is 1. The molecule has 0 fully saturated rings. The van der Waals surface area contributed by atoms with Gasteiger partial charge in [0.15, 0.2) is 0 Å². The van der Waals surface area contributed by atoms with Gasteiger partial charge in [-0.2, -0.15) is 0 Å². The van der Waals surface area contributed by atoms with Crippen LogP contribution in [0.1, 0.15) is 22.3 Å². The van der Waals surface area contributed by atoms with Crippen molar-refractivity contribution < 1.29 is 19.1 Å². The average molecular weight is 357 g/mol. The second-order valence-electron chi connectivity index (χ2n) is 5.66. The van der Waals surface area contributed by atoms with Crippen molar-refractivity contribution in [3.05, 3.63) is 53.6 Å². The lowest BCUT2D eigenvalue weighted by Crippen LogP contribution is -2.14. The number of benzene rings is 2. The predicted octanol–water partition coefficient (Wildman–Crippen LogP) is 3.67. The predicted molar refractivity (Wildman–Crippen MR) is 97.4 cm³/mol. The van der Waals surface area contributed by atoms with E-state index in [4.69, 9.17) is 9.47 Å². The molecule has 0 unspecified atom stereocenters. The van der Waals surface area contributed by atoms with E-state index >= 15 is 0 Å². The molecule has 2 aromatic rings. The van der Waals surface area contributed by atoms with Crippen molar-refractivity contribution >= 4 is 29.3 Å². The van der Waals surface area contributed by atoms with Crippen molar-refractivity contribution in [1.82, 2.24) is 0 Å². The molecule has 130 valence electrons. The number of hydrogen-bond acceptors (Lipinski definition) is 5. The van der Waals surface area contributed by atoms with Crippen molar-refractivity contribution in [2.75, 3.05) is 24.3 Å². The van der Waals surface area contributed by atoms with Gasteiger partial charge in [0.25, 0.3) is 0 Å². The molecule has 1 amide bonds. The Kier molecular flexibility index (Phi) is 5.60. The maximum absolute atomic E-state index is 12.2. The highest BCUT2D eigenvalue weighted by Gasteiger charge is 2.16. The minimum Gasteiger partial charge on any atom is -0.490 e. The Morgan fingerprint density at radius 3 is 2.76 bits per heavy atom. The van der Waals surface area contributed by atoms with E-state index in [1.54, 1.807) is 23.9 Å². The first-order valence-electron chi connectivity index (χ1n) is 8.05. The van der Waals surface area contributed by atoms with Crippen LogP contribution in [0.5, 0.6) is 5.75 Å². The topological polar surface area (TPSA) is 64.6 Å². The first-order valence-corrected chi connectivity index (χ1v) is 9.04. The fourth-order valence-corrected chi connectivity index (χ4v) is 3.30. The zero-order valence-corrected chi connectivity index (χ0v) is 14.7. The lowest BCUT2D eigenvalue weighted by molar-refractivity contribution is -0.115. The summed E-state index contributed by atoms with van der Waals surface area (Å²) in [7, 11) is 0. The molecule has 0 aliphatic carbocycles. The van der Waals surface area contributed by atoms with E-state index < -0.39 is 5.97 Å². The number of hydrogen-bond donors (Lipinski definition) is 1. The van der Waals surface area contributed by atoms with Crippen molar-refractivity contribution in [2.45, 2.75) is 18.2 Å². The molecule has 1 heterocycles. The molecule has 0 spiro atoms. The number of fused-ring (bicyclic) bond motifs is 1. The second kappa shape index (κ2) is 8.07. The van der Waals surface area contributed by atoms with Gasteiger partial charge in [0.1, 0.15) is 19.0 Å². The zero-order valence-electron chi connectivity index (χ0n) is 13.9. The summed E-state index contributed by atoms with van der Waals surface area (Å²) >= 11 is 1.60. The number of aryl methyl sites for hydroxylation is 1. The highest BCUT2D eigenvalue weighted by molar-refractivity contribution is 7.99.